The maximum absolute atomic E-state index is 6.55. The Morgan fingerprint density at radius 2 is 1.79 bits per heavy atom. The van der Waals surface area contributed by atoms with Crippen LogP contribution in [0.5, 0.6) is 11.5 Å². The van der Waals surface area contributed by atoms with Crippen LogP contribution in [0.25, 0.3) is 0 Å². The van der Waals surface area contributed by atoms with Gasteiger partial charge in [-0.05, 0) is 54.5 Å². The Morgan fingerprint density at radius 1 is 1.07 bits per heavy atom. The summed E-state index contributed by atoms with van der Waals surface area (Å²) in [5.41, 5.74) is 10.5. The monoisotopic (exact) mass is 399 g/mol. The maximum Gasteiger partial charge on any atom is 0.231 e. The van der Waals surface area contributed by atoms with E-state index in [0.29, 0.717) is 0 Å². The highest BCUT2D eigenvalue weighted by Crippen LogP contribution is 2.62. The van der Waals surface area contributed by atoms with Gasteiger partial charge in [-0.3, -0.25) is 0 Å². The topological polar surface area (TPSA) is 59.7 Å². The van der Waals surface area contributed by atoms with Gasteiger partial charge in [0.15, 0.2) is 11.5 Å². The van der Waals surface area contributed by atoms with Gasteiger partial charge in [0.25, 0.3) is 0 Å². The molecule has 1 unspecified atom stereocenters. The standard InChI is InChI=1S/C21H26N3O3P/c1-15(27-28(2,23-7-8-23)24-9-10-24)17-4-5-19(22)18(13-17)11-16-3-6-20-21(12-16)26-14-25-20/h3-6,12-13,15H,2,7-11,14,22H2,1H3. The molecule has 2 fully saturated rings. The van der Waals surface area contributed by atoms with Crippen molar-refractivity contribution in [2.24, 2.45) is 0 Å². The number of nitrogen functional groups attached to an aromatic ring is 1. The van der Waals surface area contributed by atoms with E-state index in [1.165, 1.54) is 0 Å². The molecule has 5 rings (SSSR count). The van der Waals surface area contributed by atoms with Crippen molar-refractivity contribution in [3.05, 3.63) is 53.1 Å². The molecular weight excluding hydrogens is 373 g/mol. The first-order chi connectivity index (χ1) is 13.5. The van der Waals surface area contributed by atoms with Crippen LogP contribution in [0.1, 0.15) is 29.7 Å². The zero-order valence-electron chi connectivity index (χ0n) is 16.1. The van der Waals surface area contributed by atoms with Gasteiger partial charge in [0.05, 0.1) is 6.10 Å². The highest BCUT2D eigenvalue weighted by atomic mass is 31.2. The molecule has 3 aliphatic heterocycles. The first kappa shape index (κ1) is 18.1. The fourth-order valence-electron chi connectivity index (χ4n) is 3.64. The van der Waals surface area contributed by atoms with E-state index in [1.807, 2.05) is 18.2 Å². The van der Waals surface area contributed by atoms with E-state index in [-0.39, 0.29) is 12.9 Å². The van der Waals surface area contributed by atoms with Gasteiger partial charge in [0, 0.05) is 31.9 Å². The molecule has 6 nitrogen and oxygen atoms in total. The Labute approximate surface area is 165 Å². The molecule has 2 N–H and O–H groups in total. The molecule has 0 aromatic heterocycles. The van der Waals surface area contributed by atoms with Crippen molar-refractivity contribution in [3.8, 4) is 11.5 Å². The fourth-order valence-corrected chi connectivity index (χ4v) is 6.32. The molecule has 0 amide bonds. The van der Waals surface area contributed by atoms with Crippen LogP contribution in [0.15, 0.2) is 36.4 Å². The normalized spacial score (nSPS) is 19.6. The quantitative estimate of drug-likeness (QED) is 0.437. The molecule has 0 radical (unpaired) electrons. The van der Waals surface area contributed by atoms with Gasteiger partial charge in [-0.25, -0.2) is 9.34 Å². The molecule has 3 aliphatic rings. The number of fused-ring (bicyclic) bond motifs is 1. The van der Waals surface area contributed by atoms with Crippen molar-refractivity contribution in [2.75, 3.05) is 38.7 Å². The van der Waals surface area contributed by atoms with Gasteiger partial charge in [0.2, 0.25) is 6.79 Å². The van der Waals surface area contributed by atoms with Crippen LogP contribution < -0.4 is 15.2 Å². The molecule has 148 valence electrons. The number of anilines is 1. The van der Waals surface area contributed by atoms with E-state index in [9.17, 15) is 0 Å². The van der Waals surface area contributed by atoms with Crippen LogP contribution in [0.2, 0.25) is 0 Å². The molecule has 2 aromatic rings. The van der Waals surface area contributed by atoms with Crippen molar-refractivity contribution in [3.63, 3.8) is 0 Å². The first-order valence-corrected chi connectivity index (χ1v) is 11.5. The van der Waals surface area contributed by atoms with E-state index in [1.54, 1.807) is 0 Å². The predicted molar refractivity (Wildman–Crippen MR) is 113 cm³/mol. The van der Waals surface area contributed by atoms with Crippen molar-refractivity contribution >= 4 is 19.4 Å². The lowest BCUT2D eigenvalue weighted by molar-refractivity contribution is 0.174. The minimum absolute atomic E-state index is 0.0249. The third-order valence-electron chi connectivity index (χ3n) is 5.53. The Morgan fingerprint density at radius 3 is 2.50 bits per heavy atom. The van der Waals surface area contributed by atoms with Crippen LogP contribution in [0, 0.1) is 0 Å². The second-order valence-electron chi connectivity index (χ2n) is 7.64. The van der Waals surface area contributed by atoms with Crippen molar-refractivity contribution in [1.82, 2.24) is 9.34 Å². The minimum Gasteiger partial charge on any atom is -0.454 e. The lowest BCUT2D eigenvalue weighted by atomic mass is 9.99. The number of rotatable bonds is 7. The number of nitrogens with two attached hydrogens (primary N) is 1. The van der Waals surface area contributed by atoms with Gasteiger partial charge in [-0.2, -0.15) is 0 Å². The number of ether oxygens (including phenoxy) is 2. The Hall–Kier alpha value is -1.98. The summed E-state index contributed by atoms with van der Waals surface area (Å²) in [6.45, 7) is 6.78. The molecule has 2 aromatic carbocycles. The van der Waals surface area contributed by atoms with Gasteiger partial charge < -0.3 is 19.7 Å². The zero-order valence-corrected chi connectivity index (χ0v) is 17.0. The van der Waals surface area contributed by atoms with Crippen LogP contribution >= 0.6 is 7.41 Å². The summed E-state index contributed by atoms with van der Waals surface area (Å²) >= 11 is 0. The molecule has 3 heterocycles. The number of benzene rings is 2. The molecule has 1 atom stereocenters. The number of hydrogen-bond acceptors (Lipinski definition) is 6. The molecule has 0 aliphatic carbocycles. The third kappa shape index (κ3) is 3.42. The second-order valence-corrected chi connectivity index (χ2v) is 10.3. The van der Waals surface area contributed by atoms with Gasteiger partial charge >= 0.3 is 0 Å². The Kier molecular flexibility index (Phi) is 4.40. The molecule has 0 saturated carbocycles. The summed E-state index contributed by atoms with van der Waals surface area (Å²) in [6, 6.07) is 12.3. The SMILES string of the molecule is C=P(OC(C)c1ccc(N)c(Cc2ccc3c(c2)OCO3)c1)(N1CC1)N1CC1. The molecule has 2 saturated heterocycles. The molecular formula is C21H26N3O3P. The van der Waals surface area contributed by atoms with Crippen molar-refractivity contribution < 1.29 is 14.0 Å². The minimum atomic E-state index is -1.86. The Balaban J connectivity index is 1.36. The van der Waals surface area contributed by atoms with Crippen LogP contribution in [-0.4, -0.2) is 48.6 Å². The van der Waals surface area contributed by atoms with Gasteiger partial charge in [-0.1, -0.05) is 18.2 Å². The summed E-state index contributed by atoms with van der Waals surface area (Å²) in [7, 11) is -1.86. The zero-order chi connectivity index (χ0) is 19.3. The van der Waals surface area contributed by atoms with E-state index in [4.69, 9.17) is 19.7 Å². The van der Waals surface area contributed by atoms with Crippen LogP contribution in [0.3, 0.4) is 0 Å². The highest BCUT2D eigenvalue weighted by Gasteiger charge is 2.43. The largest absolute Gasteiger partial charge is 0.454 e. The van der Waals surface area contributed by atoms with E-state index >= 15 is 0 Å². The lowest BCUT2D eigenvalue weighted by Crippen LogP contribution is -2.11. The van der Waals surface area contributed by atoms with E-state index < -0.39 is 7.41 Å². The maximum atomic E-state index is 6.55. The Bertz CT molecular complexity index is 940. The fraction of sp³-hybridized carbons (Fsp3) is 0.381. The first-order valence-electron chi connectivity index (χ1n) is 9.72. The lowest BCUT2D eigenvalue weighted by Gasteiger charge is -2.30. The third-order valence-corrected chi connectivity index (χ3v) is 8.75. The smallest absolute Gasteiger partial charge is 0.231 e. The number of hydrogen-bond donors (Lipinski definition) is 1. The number of nitrogens with zero attached hydrogens (tertiary/aromatic N) is 2. The molecule has 0 spiro atoms. The summed E-state index contributed by atoms with van der Waals surface area (Å²) in [6.07, 6.45) is 5.21. The summed E-state index contributed by atoms with van der Waals surface area (Å²) in [5, 5.41) is 0. The van der Waals surface area contributed by atoms with Crippen molar-refractivity contribution in [2.45, 2.75) is 19.4 Å². The van der Waals surface area contributed by atoms with Gasteiger partial charge in [0.1, 0.15) is 7.41 Å². The van der Waals surface area contributed by atoms with Crippen LogP contribution in [-0.2, 0) is 10.9 Å². The van der Waals surface area contributed by atoms with Crippen molar-refractivity contribution in [1.29, 1.82) is 0 Å². The average Bonchev–Trinajstić information content (AvgIpc) is 3.59. The predicted octanol–water partition coefficient (Wildman–Crippen LogP) is 3.49. The summed E-state index contributed by atoms with van der Waals surface area (Å²) in [4.78, 5) is 0. The van der Waals surface area contributed by atoms with Gasteiger partial charge in [-0.15, -0.1) is 0 Å². The van der Waals surface area contributed by atoms with E-state index in [0.717, 1.165) is 66.5 Å². The second kappa shape index (κ2) is 6.82. The molecule has 28 heavy (non-hydrogen) atoms. The summed E-state index contributed by atoms with van der Waals surface area (Å²) in [5.74, 6) is 1.60. The highest BCUT2D eigenvalue weighted by molar-refractivity contribution is 7.65. The molecule has 0 bridgehead atoms. The average molecular weight is 399 g/mol. The van der Waals surface area contributed by atoms with Crippen LogP contribution in [0.4, 0.5) is 5.69 Å². The van der Waals surface area contributed by atoms with E-state index in [2.05, 4.69) is 40.8 Å². The molecule has 7 heteroatoms. The summed E-state index contributed by atoms with van der Waals surface area (Å²) < 4.78 is 22.2.